The SMILES string of the molecule is CCCCCN(CC(=O)N[C@@H](CC(C)C)C(=O)NCC(N)=O)C(=O)C1CCSCCC(=O)NC(Cc2ccccc2)C(=O)N[C@@H]([C@@H](C)CC)C(=O)N[C@@H](CCC(N)=O)C(=O)NC(CC(N)=O)C(=O)N1. The fourth-order valence-corrected chi connectivity index (χ4v) is 8.17. The van der Waals surface area contributed by atoms with Crippen LogP contribution in [0.15, 0.2) is 30.3 Å². The number of carbonyl (C=O) groups is 11. The van der Waals surface area contributed by atoms with Crippen molar-refractivity contribution in [2.24, 2.45) is 29.0 Å². The van der Waals surface area contributed by atoms with Gasteiger partial charge < -0.3 is 59.3 Å². The van der Waals surface area contributed by atoms with Crippen molar-refractivity contribution in [2.75, 3.05) is 31.1 Å². The van der Waals surface area contributed by atoms with Crippen LogP contribution in [0.1, 0.15) is 104 Å². The third-order valence-electron chi connectivity index (χ3n) is 11.2. The maximum atomic E-state index is 14.6. The van der Waals surface area contributed by atoms with Gasteiger partial charge in [0.15, 0.2) is 0 Å². The van der Waals surface area contributed by atoms with Crippen LogP contribution in [0.2, 0.25) is 0 Å². The van der Waals surface area contributed by atoms with Crippen LogP contribution in [-0.4, -0.2) is 137 Å². The lowest BCUT2D eigenvalue weighted by Gasteiger charge is -2.30. The first-order chi connectivity index (χ1) is 32.6. The molecule has 1 aliphatic heterocycles. The molecule has 0 bridgehead atoms. The van der Waals surface area contributed by atoms with Crippen LogP contribution in [0.25, 0.3) is 0 Å². The number of nitrogens with one attached hydrogen (secondary N) is 7. The fourth-order valence-electron chi connectivity index (χ4n) is 7.23. The van der Waals surface area contributed by atoms with Gasteiger partial charge in [0.1, 0.15) is 36.3 Å². The van der Waals surface area contributed by atoms with Crippen LogP contribution in [0.5, 0.6) is 0 Å². The monoisotopic (exact) mass is 988 g/mol. The molecule has 384 valence electrons. The van der Waals surface area contributed by atoms with Gasteiger partial charge in [0, 0.05) is 31.6 Å². The van der Waals surface area contributed by atoms with Crippen LogP contribution in [-0.2, 0) is 59.2 Å². The molecule has 1 aliphatic rings. The zero-order valence-electron chi connectivity index (χ0n) is 40.4. The van der Waals surface area contributed by atoms with E-state index in [-0.39, 0.29) is 56.1 Å². The number of carbonyl (C=O) groups excluding carboxylic acids is 11. The molecule has 22 nitrogen and oxygen atoms in total. The summed E-state index contributed by atoms with van der Waals surface area (Å²) in [4.78, 5) is 148. The molecule has 0 saturated carbocycles. The second kappa shape index (κ2) is 31.0. The van der Waals surface area contributed by atoms with Gasteiger partial charge in [-0.2, -0.15) is 11.8 Å². The van der Waals surface area contributed by atoms with Crippen molar-refractivity contribution >= 4 is 76.7 Å². The highest BCUT2D eigenvalue weighted by Gasteiger charge is 2.36. The van der Waals surface area contributed by atoms with E-state index < -0.39 is 133 Å². The Morgan fingerprint density at radius 1 is 0.768 bits per heavy atom. The molecule has 0 radical (unpaired) electrons. The minimum Gasteiger partial charge on any atom is -0.370 e. The molecule has 0 aliphatic carbocycles. The van der Waals surface area contributed by atoms with Gasteiger partial charge in [-0.1, -0.05) is 84.2 Å². The van der Waals surface area contributed by atoms with Crippen LogP contribution >= 0.6 is 11.8 Å². The standard InChI is InChI=1S/C46H73N11O11S/c1-6-8-12-19-57(26-39(62)52-32(22-27(3)4)41(63)50-25-37(49)60)46(68)31-17-20-69-21-18-38(61)51-33(23-29-13-10-9-11-14-29)44(66)56-40(28(5)7-2)45(67)53-30(15-16-35(47)58)42(64)55-34(24-36(48)59)43(65)54-31/h9-11,13-14,27-28,30-34,40H,6-8,12,15-26H2,1-5H3,(H2,47,58)(H2,48,59)(H2,49,60)(H,50,63)(H,51,61)(H,52,62)(H,53,67)(H,54,65)(H,55,64)(H,56,66)/t28-,30-,31?,32-,33?,34?,40-/m0/s1. The lowest BCUT2D eigenvalue weighted by atomic mass is 9.96. The highest BCUT2D eigenvalue weighted by molar-refractivity contribution is 7.99. The number of nitrogens with zero attached hydrogens (tertiary/aromatic N) is 1. The highest BCUT2D eigenvalue weighted by Crippen LogP contribution is 2.15. The molecule has 0 spiro atoms. The second-order valence-electron chi connectivity index (χ2n) is 17.6. The van der Waals surface area contributed by atoms with E-state index in [1.165, 1.54) is 16.7 Å². The number of unbranched alkanes of at least 4 members (excludes halogenated alkanes) is 2. The molecule has 1 saturated heterocycles. The van der Waals surface area contributed by atoms with Crippen LogP contribution < -0.4 is 54.4 Å². The van der Waals surface area contributed by atoms with E-state index in [1.807, 2.05) is 20.8 Å². The molecule has 1 fully saturated rings. The first-order valence-electron chi connectivity index (χ1n) is 23.5. The van der Waals surface area contributed by atoms with Crippen LogP contribution in [0, 0.1) is 11.8 Å². The number of amides is 11. The molecule has 0 aromatic heterocycles. The largest absolute Gasteiger partial charge is 0.370 e. The molecule has 11 amide bonds. The molecule has 69 heavy (non-hydrogen) atoms. The van der Waals surface area contributed by atoms with E-state index >= 15 is 0 Å². The predicted molar refractivity (Wildman–Crippen MR) is 258 cm³/mol. The molecule has 7 atom stereocenters. The van der Waals surface area contributed by atoms with Gasteiger partial charge in [-0.05, 0) is 48.8 Å². The molecule has 1 aromatic rings. The Morgan fingerprint density at radius 2 is 1.42 bits per heavy atom. The first-order valence-corrected chi connectivity index (χ1v) is 24.6. The lowest BCUT2D eigenvalue weighted by molar-refractivity contribution is -0.141. The summed E-state index contributed by atoms with van der Waals surface area (Å²) in [5.41, 5.74) is 16.9. The van der Waals surface area contributed by atoms with Crippen LogP contribution in [0.4, 0.5) is 0 Å². The Hall–Kier alpha value is -6.26. The van der Waals surface area contributed by atoms with Gasteiger partial charge in [0.2, 0.25) is 65.0 Å². The van der Waals surface area contributed by atoms with Gasteiger partial charge in [-0.3, -0.25) is 52.7 Å². The quantitative estimate of drug-likeness (QED) is 0.0595. The third kappa shape index (κ3) is 22.6. The van der Waals surface area contributed by atoms with Gasteiger partial charge in [-0.15, -0.1) is 0 Å². The van der Waals surface area contributed by atoms with Gasteiger partial charge in [-0.25, -0.2) is 0 Å². The van der Waals surface area contributed by atoms with E-state index in [0.717, 1.165) is 12.0 Å². The zero-order chi connectivity index (χ0) is 51.6. The Morgan fingerprint density at radius 3 is 2.03 bits per heavy atom. The number of nitrogens with two attached hydrogens (primary N) is 3. The van der Waals surface area contributed by atoms with Crippen molar-refractivity contribution in [3.8, 4) is 0 Å². The van der Waals surface area contributed by atoms with Gasteiger partial charge in [0.05, 0.1) is 19.5 Å². The lowest BCUT2D eigenvalue weighted by Crippen LogP contribution is -2.61. The normalized spacial score (nSPS) is 20.9. The van der Waals surface area contributed by atoms with Crippen molar-refractivity contribution in [1.29, 1.82) is 0 Å². The Bertz CT molecular complexity index is 1940. The van der Waals surface area contributed by atoms with Gasteiger partial charge in [0.25, 0.3) is 0 Å². The van der Waals surface area contributed by atoms with E-state index in [4.69, 9.17) is 17.2 Å². The summed E-state index contributed by atoms with van der Waals surface area (Å²) in [7, 11) is 0. The summed E-state index contributed by atoms with van der Waals surface area (Å²) in [5, 5.41) is 18.2. The Labute approximate surface area is 408 Å². The van der Waals surface area contributed by atoms with E-state index in [2.05, 4.69) is 37.2 Å². The van der Waals surface area contributed by atoms with E-state index in [1.54, 1.807) is 44.2 Å². The maximum absolute atomic E-state index is 14.6. The van der Waals surface area contributed by atoms with Crippen molar-refractivity contribution < 1.29 is 52.7 Å². The van der Waals surface area contributed by atoms with Crippen molar-refractivity contribution in [3.05, 3.63) is 35.9 Å². The molecular weight excluding hydrogens is 915 g/mol. The number of benzene rings is 1. The number of thioether (sulfide) groups is 1. The Balaban J connectivity index is 2.63. The fraction of sp³-hybridized carbons (Fsp3) is 0.630. The molecule has 1 aromatic carbocycles. The number of hydrogen-bond acceptors (Lipinski definition) is 12. The molecule has 13 N–H and O–H groups in total. The van der Waals surface area contributed by atoms with E-state index in [0.29, 0.717) is 19.3 Å². The summed E-state index contributed by atoms with van der Waals surface area (Å²) in [6, 6.07) is 0.822. The average molecular weight is 988 g/mol. The molecule has 3 unspecified atom stereocenters. The Kier molecular flexibility index (Phi) is 26.4. The van der Waals surface area contributed by atoms with Gasteiger partial charge >= 0.3 is 0 Å². The zero-order valence-corrected chi connectivity index (χ0v) is 41.2. The average Bonchev–Trinajstić information content (AvgIpc) is 3.28. The minimum atomic E-state index is -1.71. The number of rotatable bonds is 22. The predicted octanol–water partition coefficient (Wildman–Crippen LogP) is -1.48. The maximum Gasteiger partial charge on any atom is 0.245 e. The summed E-state index contributed by atoms with van der Waals surface area (Å²) in [6.07, 6.45) is 0.864. The highest BCUT2D eigenvalue weighted by atomic mass is 32.2. The van der Waals surface area contributed by atoms with Crippen molar-refractivity contribution in [1.82, 2.24) is 42.1 Å². The van der Waals surface area contributed by atoms with Crippen molar-refractivity contribution in [2.45, 2.75) is 141 Å². The molecule has 2 rings (SSSR count). The smallest absolute Gasteiger partial charge is 0.245 e. The summed E-state index contributed by atoms with van der Waals surface area (Å²) < 4.78 is 0. The summed E-state index contributed by atoms with van der Waals surface area (Å²) in [6.45, 7) is 8.12. The van der Waals surface area contributed by atoms with Crippen molar-refractivity contribution in [3.63, 3.8) is 0 Å². The summed E-state index contributed by atoms with van der Waals surface area (Å²) in [5.74, 6) is -8.92. The van der Waals surface area contributed by atoms with E-state index in [9.17, 15) is 52.7 Å². The minimum absolute atomic E-state index is 0.0561. The topological polar surface area (TPSA) is 353 Å². The third-order valence-corrected chi connectivity index (χ3v) is 12.2. The second-order valence-corrected chi connectivity index (χ2v) is 18.8. The number of primary amides is 3. The first kappa shape index (κ1) is 58.9. The molecule has 1 heterocycles. The molecule has 23 heteroatoms. The molecular formula is C46H73N11O11S. The van der Waals surface area contributed by atoms with Crippen LogP contribution in [0.3, 0.4) is 0 Å². The number of hydrogen-bond donors (Lipinski definition) is 10. The summed E-state index contributed by atoms with van der Waals surface area (Å²) >= 11 is 1.26.